The molecule has 0 aliphatic carbocycles. The van der Waals surface area contributed by atoms with Crippen molar-refractivity contribution >= 4 is 17.3 Å². The molecular weight excluding hydrogens is 238 g/mol. The van der Waals surface area contributed by atoms with Crippen molar-refractivity contribution in [3.05, 3.63) is 28.8 Å². The fraction of sp³-hybridized carbons (Fsp3) is 0.538. The van der Waals surface area contributed by atoms with Gasteiger partial charge >= 0.3 is 0 Å². The van der Waals surface area contributed by atoms with E-state index in [1.165, 1.54) is 0 Å². The zero-order valence-electron chi connectivity index (χ0n) is 10.0. The molecule has 1 aliphatic heterocycles. The summed E-state index contributed by atoms with van der Waals surface area (Å²) in [5, 5.41) is 10.1. The van der Waals surface area contributed by atoms with Crippen LogP contribution in [0, 0.1) is 0 Å². The Hall–Kier alpha value is -0.770. The Bertz CT molecular complexity index is 384. The van der Waals surface area contributed by atoms with Crippen molar-refractivity contribution < 1.29 is 9.84 Å². The zero-order chi connectivity index (χ0) is 12.3. The molecule has 1 aromatic rings. The van der Waals surface area contributed by atoms with E-state index in [4.69, 9.17) is 16.3 Å². The van der Waals surface area contributed by atoms with E-state index in [1.807, 2.05) is 18.2 Å². The highest BCUT2D eigenvalue weighted by atomic mass is 35.5. The lowest BCUT2D eigenvalue weighted by molar-refractivity contribution is 0.0383. The zero-order valence-corrected chi connectivity index (χ0v) is 10.8. The summed E-state index contributed by atoms with van der Waals surface area (Å²) in [6.45, 7) is 4.61. The van der Waals surface area contributed by atoms with Gasteiger partial charge < -0.3 is 14.7 Å². The van der Waals surface area contributed by atoms with Crippen LogP contribution in [0.15, 0.2) is 18.2 Å². The molecule has 1 atom stereocenters. The van der Waals surface area contributed by atoms with Gasteiger partial charge in [-0.05, 0) is 18.6 Å². The van der Waals surface area contributed by atoms with E-state index in [2.05, 4.69) is 11.8 Å². The van der Waals surface area contributed by atoms with Crippen molar-refractivity contribution in [2.45, 2.75) is 26.1 Å². The van der Waals surface area contributed by atoms with Crippen molar-refractivity contribution in [3.63, 3.8) is 0 Å². The first-order chi connectivity index (χ1) is 8.24. The lowest BCUT2D eigenvalue weighted by Gasteiger charge is -2.35. The molecule has 0 saturated carbocycles. The molecule has 1 aromatic carbocycles. The Morgan fingerprint density at radius 1 is 1.53 bits per heavy atom. The van der Waals surface area contributed by atoms with Gasteiger partial charge in [-0.3, -0.25) is 0 Å². The predicted molar refractivity (Wildman–Crippen MR) is 69.6 cm³/mol. The summed E-state index contributed by atoms with van der Waals surface area (Å²) in [5.74, 6) is 0. The third-order valence-electron chi connectivity index (χ3n) is 3.15. The molecule has 1 fully saturated rings. The van der Waals surface area contributed by atoms with E-state index in [0.29, 0.717) is 5.02 Å². The summed E-state index contributed by atoms with van der Waals surface area (Å²) in [7, 11) is 0. The Morgan fingerprint density at radius 2 is 2.35 bits per heavy atom. The van der Waals surface area contributed by atoms with E-state index in [-0.39, 0.29) is 12.7 Å². The summed E-state index contributed by atoms with van der Waals surface area (Å²) in [5.41, 5.74) is 1.95. The van der Waals surface area contributed by atoms with E-state index in [1.54, 1.807) is 0 Å². The minimum atomic E-state index is 0.0423. The van der Waals surface area contributed by atoms with Crippen molar-refractivity contribution in [2.24, 2.45) is 0 Å². The van der Waals surface area contributed by atoms with Gasteiger partial charge in [-0.2, -0.15) is 0 Å². The van der Waals surface area contributed by atoms with Gasteiger partial charge in [-0.15, -0.1) is 0 Å². The first kappa shape index (κ1) is 12.7. The van der Waals surface area contributed by atoms with Crippen LogP contribution in [-0.4, -0.2) is 30.9 Å². The molecule has 0 bridgehead atoms. The van der Waals surface area contributed by atoms with Crippen LogP contribution in [0.4, 0.5) is 5.69 Å². The molecule has 1 saturated heterocycles. The monoisotopic (exact) mass is 255 g/mol. The number of hydrogen-bond donors (Lipinski definition) is 1. The summed E-state index contributed by atoms with van der Waals surface area (Å²) >= 11 is 6.02. The Balaban J connectivity index is 2.22. The molecule has 4 heteroatoms. The fourth-order valence-electron chi connectivity index (χ4n) is 2.15. The van der Waals surface area contributed by atoms with Gasteiger partial charge in [0.2, 0.25) is 0 Å². The van der Waals surface area contributed by atoms with Gasteiger partial charge in [0, 0.05) is 29.4 Å². The Kier molecular flexibility index (Phi) is 4.26. The molecular formula is C13H18ClNO2. The van der Waals surface area contributed by atoms with Gasteiger partial charge in [-0.1, -0.05) is 24.6 Å². The summed E-state index contributed by atoms with van der Waals surface area (Å²) in [6.07, 6.45) is 1.28. The maximum Gasteiger partial charge on any atom is 0.0748 e. The molecule has 1 heterocycles. The number of aliphatic hydroxyl groups is 1. The van der Waals surface area contributed by atoms with Gasteiger partial charge in [0.1, 0.15) is 0 Å². The van der Waals surface area contributed by atoms with Crippen LogP contribution in [0.3, 0.4) is 0 Å². The molecule has 2 rings (SSSR count). The predicted octanol–water partition coefficient (Wildman–Crippen LogP) is 2.45. The largest absolute Gasteiger partial charge is 0.392 e. The van der Waals surface area contributed by atoms with Crippen LogP contribution in [0.25, 0.3) is 0 Å². The minimum absolute atomic E-state index is 0.0423. The molecule has 17 heavy (non-hydrogen) atoms. The van der Waals surface area contributed by atoms with Gasteiger partial charge in [0.05, 0.1) is 19.3 Å². The number of benzene rings is 1. The van der Waals surface area contributed by atoms with Gasteiger partial charge in [0.15, 0.2) is 0 Å². The highest BCUT2D eigenvalue weighted by Gasteiger charge is 2.21. The number of halogens is 1. The molecule has 1 N–H and O–H groups in total. The molecule has 1 unspecified atom stereocenters. The maximum atomic E-state index is 9.36. The quantitative estimate of drug-likeness (QED) is 0.901. The first-order valence-electron chi connectivity index (χ1n) is 6.00. The van der Waals surface area contributed by atoms with E-state index in [0.717, 1.165) is 37.4 Å². The van der Waals surface area contributed by atoms with Crippen molar-refractivity contribution in [1.82, 2.24) is 0 Å². The number of morpholine rings is 1. The SMILES string of the molecule is CCC1CN(c2cc(Cl)ccc2CO)CCO1. The first-order valence-corrected chi connectivity index (χ1v) is 6.38. The highest BCUT2D eigenvalue weighted by Crippen LogP contribution is 2.27. The third kappa shape index (κ3) is 2.92. The topological polar surface area (TPSA) is 32.7 Å². The lowest BCUT2D eigenvalue weighted by Crippen LogP contribution is -2.42. The smallest absolute Gasteiger partial charge is 0.0748 e. The lowest BCUT2D eigenvalue weighted by atomic mass is 10.1. The Morgan fingerprint density at radius 3 is 3.06 bits per heavy atom. The molecule has 0 aromatic heterocycles. The number of ether oxygens (including phenoxy) is 1. The van der Waals surface area contributed by atoms with Crippen LogP contribution in [0.1, 0.15) is 18.9 Å². The summed E-state index contributed by atoms with van der Waals surface area (Å²) < 4.78 is 5.65. The number of anilines is 1. The van der Waals surface area contributed by atoms with Gasteiger partial charge in [-0.25, -0.2) is 0 Å². The van der Waals surface area contributed by atoms with Crippen molar-refractivity contribution in [3.8, 4) is 0 Å². The summed E-state index contributed by atoms with van der Waals surface area (Å²) in [4.78, 5) is 2.25. The van der Waals surface area contributed by atoms with Crippen LogP contribution < -0.4 is 4.90 Å². The van der Waals surface area contributed by atoms with E-state index < -0.39 is 0 Å². The summed E-state index contributed by atoms with van der Waals surface area (Å²) in [6, 6.07) is 5.62. The van der Waals surface area contributed by atoms with Crippen LogP contribution >= 0.6 is 11.6 Å². The van der Waals surface area contributed by atoms with Crippen LogP contribution in [0.2, 0.25) is 5.02 Å². The van der Waals surface area contributed by atoms with E-state index >= 15 is 0 Å². The molecule has 0 spiro atoms. The second kappa shape index (κ2) is 5.71. The molecule has 94 valence electrons. The van der Waals surface area contributed by atoms with Crippen molar-refractivity contribution in [2.75, 3.05) is 24.6 Å². The average molecular weight is 256 g/mol. The van der Waals surface area contributed by atoms with Crippen LogP contribution in [-0.2, 0) is 11.3 Å². The second-order valence-electron chi connectivity index (χ2n) is 4.28. The standard InChI is InChI=1S/C13H18ClNO2/c1-2-12-8-15(5-6-17-12)13-7-11(14)4-3-10(13)9-16/h3-4,7,12,16H,2,5-6,8-9H2,1H3. The Labute approximate surface area is 107 Å². The molecule has 1 aliphatic rings. The number of nitrogens with zero attached hydrogens (tertiary/aromatic N) is 1. The minimum Gasteiger partial charge on any atom is -0.392 e. The number of rotatable bonds is 3. The molecule has 0 amide bonds. The normalized spacial score (nSPS) is 20.6. The number of aliphatic hydroxyl groups excluding tert-OH is 1. The maximum absolute atomic E-state index is 9.36. The van der Waals surface area contributed by atoms with Gasteiger partial charge in [0.25, 0.3) is 0 Å². The number of hydrogen-bond acceptors (Lipinski definition) is 3. The average Bonchev–Trinajstić information content (AvgIpc) is 2.39. The highest BCUT2D eigenvalue weighted by molar-refractivity contribution is 6.30. The second-order valence-corrected chi connectivity index (χ2v) is 4.71. The molecule has 0 radical (unpaired) electrons. The van der Waals surface area contributed by atoms with Crippen molar-refractivity contribution in [1.29, 1.82) is 0 Å². The van der Waals surface area contributed by atoms with Crippen LogP contribution in [0.5, 0.6) is 0 Å². The fourth-order valence-corrected chi connectivity index (χ4v) is 2.32. The van der Waals surface area contributed by atoms with E-state index in [9.17, 15) is 5.11 Å². The third-order valence-corrected chi connectivity index (χ3v) is 3.39. The molecule has 3 nitrogen and oxygen atoms in total.